The zero-order valence-corrected chi connectivity index (χ0v) is 13.1. The summed E-state index contributed by atoms with van der Waals surface area (Å²) in [6, 6.07) is 5.29. The molecule has 0 radical (unpaired) electrons. The fourth-order valence-electron chi connectivity index (χ4n) is 2.11. The Hall–Kier alpha value is -1.26. The van der Waals surface area contributed by atoms with Crippen LogP contribution < -0.4 is 10.6 Å². The predicted octanol–water partition coefficient (Wildman–Crippen LogP) is 2.57. The molecule has 0 heterocycles. The van der Waals surface area contributed by atoms with Gasteiger partial charge in [0.2, 0.25) is 11.8 Å². The largest absolute Gasteiger partial charge is 0.354 e. The number of hydrogen-bond donors (Lipinski definition) is 2. The normalized spacial score (nSPS) is 14.4. The van der Waals surface area contributed by atoms with Gasteiger partial charge in [-0.3, -0.25) is 9.59 Å². The monoisotopic (exact) mass is 328 g/mol. The summed E-state index contributed by atoms with van der Waals surface area (Å²) < 4.78 is 0. The lowest BCUT2D eigenvalue weighted by molar-refractivity contribution is -0.130. The number of carbonyl (C=O) groups excluding carboxylic acids is 2. The summed E-state index contributed by atoms with van der Waals surface area (Å²) in [7, 11) is 0. The molecule has 1 aliphatic carbocycles. The van der Waals surface area contributed by atoms with Gasteiger partial charge in [0.25, 0.3) is 0 Å². The topological polar surface area (TPSA) is 58.2 Å². The molecule has 114 valence electrons. The van der Waals surface area contributed by atoms with E-state index in [2.05, 4.69) is 10.6 Å². The first-order valence-corrected chi connectivity index (χ1v) is 7.80. The average molecular weight is 329 g/mol. The summed E-state index contributed by atoms with van der Waals surface area (Å²) in [6.45, 7) is 0.503. The zero-order valence-electron chi connectivity index (χ0n) is 11.6. The van der Waals surface area contributed by atoms with Gasteiger partial charge < -0.3 is 10.6 Å². The smallest absolute Gasteiger partial charge is 0.239 e. The highest BCUT2D eigenvalue weighted by molar-refractivity contribution is 6.35. The molecular formula is C15H18Cl2N2O2. The van der Waals surface area contributed by atoms with E-state index in [4.69, 9.17) is 23.2 Å². The second-order valence-corrected chi connectivity index (χ2v) is 6.02. The van der Waals surface area contributed by atoms with Crippen LogP contribution in [0.2, 0.25) is 10.0 Å². The lowest BCUT2D eigenvalue weighted by Gasteiger charge is -2.23. The van der Waals surface area contributed by atoms with Gasteiger partial charge in [-0.05, 0) is 37.0 Å². The van der Waals surface area contributed by atoms with Gasteiger partial charge in [-0.1, -0.05) is 35.7 Å². The lowest BCUT2D eigenvalue weighted by atomic mass is 9.85. The van der Waals surface area contributed by atoms with E-state index in [9.17, 15) is 9.59 Å². The highest BCUT2D eigenvalue weighted by atomic mass is 35.5. The van der Waals surface area contributed by atoms with Crippen molar-refractivity contribution in [3.05, 3.63) is 33.8 Å². The SMILES string of the molecule is O=C(CNC(=O)C1CCC1)NCCc1ccc(Cl)cc1Cl. The molecule has 4 nitrogen and oxygen atoms in total. The number of nitrogens with one attached hydrogen (secondary N) is 2. The maximum Gasteiger partial charge on any atom is 0.239 e. The third-order valence-electron chi connectivity index (χ3n) is 3.63. The van der Waals surface area contributed by atoms with E-state index in [1.165, 1.54) is 0 Å². The molecule has 6 heteroatoms. The third-order valence-corrected chi connectivity index (χ3v) is 4.22. The maximum absolute atomic E-state index is 11.6. The van der Waals surface area contributed by atoms with Crippen LogP contribution in [-0.2, 0) is 16.0 Å². The molecule has 0 saturated heterocycles. The predicted molar refractivity (Wildman–Crippen MR) is 83.5 cm³/mol. The van der Waals surface area contributed by atoms with Crippen LogP contribution in [0.5, 0.6) is 0 Å². The molecule has 0 aromatic heterocycles. The Morgan fingerprint density at radius 1 is 1.19 bits per heavy atom. The Labute approximate surface area is 134 Å². The van der Waals surface area contributed by atoms with E-state index < -0.39 is 0 Å². The molecule has 0 atom stereocenters. The fourth-order valence-corrected chi connectivity index (χ4v) is 2.61. The Bertz CT molecular complexity index is 530. The van der Waals surface area contributed by atoms with Gasteiger partial charge in [-0.15, -0.1) is 0 Å². The first-order valence-electron chi connectivity index (χ1n) is 7.04. The van der Waals surface area contributed by atoms with Crippen molar-refractivity contribution in [3.63, 3.8) is 0 Å². The average Bonchev–Trinajstić information content (AvgIpc) is 2.37. The quantitative estimate of drug-likeness (QED) is 0.843. The van der Waals surface area contributed by atoms with Gasteiger partial charge in [-0.2, -0.15) is 0 Å². The molecule has 21 heavy (non-hydrogen) atoms. The maximum atomic E-state index is 11.6. The molecule has 2 N–H and O–H groups in total. The van der Waals surface area contributed by atoms with E-state index in [1.54, 1.807) is 12.1 Å². The molecule has 0 bridgehead atoms. The summed E-state index contributed by atoms with van der Waals surface area (Å²) in [5.41, 5.74) is 0.930. The Morgan fingerprint density at radius 3 is 2.57 bits per heavy atom. The summed E-state index contributed by atoms with van der Waals surface area (Å²) in [6.07, 6.45) is 3.59. The molecule has 0 aliphatic heterocycles. The van der Waals surface area contributed by atoms with Gasteiger partial charge in [0, 0.05) is 22.5 Å². The number of carbonyl (C=O) groups is 2. The van der Waals surface area contributed by atoms with Crippen LogP contribution in [0.1, 0.15) is 24.8 Å². The highest BCUT2D eigenvalue weighted by Gasteiger charge is 2.25. The standard InChI is InChI=1S/C15H18Cl2N2O2/c16-12-5-4-10(13(17)8-12)6-7-18-14(20)9-19-15(21)11-2-1-3-11/h4-5,8,11H,1-3,6-7,9H2,(H,18,20)(H,19,21). The molecule has 2 amide bonds. The highest BCUT2D eigenvalue weighted by Crippen LogP contribution is 2.26. The van der Waals surface area contributed by atoms with Crippen LogP contribution in [-0.4, -0.2) is 24.9 Å². The van der Waals surface area contributed by atoms with Crippen molar-refractivity contribution in [2.24, 2.45) is 5.92 Å². The van der Waals surface area contributed by atoms with Crippen LogP contribution in [0.3, 0.4) is 0 Å². The van der Waals surface area contributed by atoms with Crippen LogP contribution in [0, 0.1) is 5.92 Å². The Kier molecular flexibility index (Phi) is 5.88. The summed E-state index contributed by atoms with van der Waals surface area (Å²) in [4.78, 5) is 23.2. The second-order valence-electron chi connectivity index (χ2n) is 5.18. The molecule has 1 aliphatic rings. The van der Waals surface area contributed by atoms with Crippen molar-refractivity contribution < 1.29 is 9.59 Å². The molecular weight excluding hydrogens is 311 g/mol. The Morgan fingerprint density at radius 2 is 1.95 bits per heavy atom. The number of halogens is 2. The molecule has 2 rings (SSSR count). The van der Waals surface area contributed by atoms with Gasteiger partial charge in [0.05, 0.1) is 6.54 Å². The molecule has 1 fully saturated rings. The molecule has 1 saturated carbocycles. The van der Waals surface area contributed by atoms with E-state index in [0.29, 0.717) is 23.0 Å². The van der Waals surface area contributed by atoms with Crippen molar-refractivity contribution >= 4 is 35.0 Å². The van der Waals surface area contributed by atoms with E-state index >= 15 is 0 Å². The van der Waals surface area contributed by atoms with Crippen LogP contribution in [0.25, 0.3) is 0 Å². The van der Waals surface area contributed by atoms with E-state index in [-0.39, 0.29) is 24.3 Å². The number of amides is 2. The first kappa shape index (κ1) is 16.1. The molecule has 1 aromatic carbocycles. The third kappa shape index (κ3) is 4.90. The van der Waals surface area contributed by atoms with Crippen molar-refractivity contribution in [1.29, 1.82) is 0 Å². The molecule has 0 spiro atoms. The van der Waals surface area contributed by atoms with E-state index in [0.717, 1.165) is 24.8 Å². The molecule has 1 aromatic rings. The van der Waals surface area contributed by atoms with Crippen molar-refractivity contribution in [1.82, 2.24) is 10.6 Å². The van der Waals surface area contributed by atoms with Gasteiger partial charge in [-0.25, -0.2) is 0 Å². The number of hydrogen-bond acceptors (Lipinski definition) is 2. The lowest BCUT2D eigenvalue weighted by Crippen LogP contribution is -2.41. The van der Waals surface area contributed by atoms with Crippen LogP contribution >= 0.6 is 23.2 Å². The number of benzene rings is 1. The van der Waals surface area contributed by atoms with Crippen LogP contribution in [0.15, 0.2) is 18.2 Å². The zero-order chi connectivity index (χ0) is 15.2. The number of rotatable bonds is 6. The summed E-state index contributed by atoms with van der Waals surface area (Å²) in [5, 5.41) is 6.60. The molecule has 0 unspecified atom stereocenters. The van der Waals surface area contributed by atoms with E-state index in [1.807, 2.05) is 6.07 Å². The van der Waals surface area contributed by atoms with Gasteiger partial charge >= 0.3 is 0 Å². The fraction of sp³-hybridized carbons (Fsp3) is 0.467. The summed E-state index contributed by atoms with van der Waals surface area (Å²) in [5.74, 6) is -0.101. The summed E-state index contributed by atoms with van der Waals surface area (Å²) >= 11 is 11.9. The second kappa shape index (κ2) is 7.66. The minimum Gasteiger partial charge on any atom is -0.354 e. The minimum absolute atomic E-state index is 0.0165. The first-order chi connectivity index (χ1) is 10.1. The van der Waals surface area contributed by atoms with Crippen molar-refractivity contribution in [2.45, 2.75) is 25.7 Å². The Balaban J connectivity index is 1.65. The van der Waals surface area contributed by atoms with Crippen molar-refractivity contribution in [2.75, 3.05) is 13.1 Å². The van der Waals surface area contributed by atoms with Crippen LogP contribution in [0.4, 0.5) is 0 Å². The van der Waals surface area contributed by atoms with Gasteiger partial charge in [0.1, 0.15) is 0 Å². The van der Waals surface area contributed by atoms with Gasteiger partial charge in [0.15, 0.2) is 0 Å². The minimum atomic E-state index is -0.187. The van der Waals surface area contributed by atoms with Crippen molar-refractivity contribution in [3.8, 4) is 0 Å².